The first-order valence-electron chi connectivity index (χ1n) is 5.86. The average Bonchev–Trinajstić information content (AvgIpc) is 2.95. The molecule has 9 nitrogen and oxygen atoms in total. The van der Waals surface area contributed by atoms with Crippen LogP contribution in [0.3, 0.4) is 0 Å². The van der Waals surface area contributed by atoms with E-state index in [0.29, 0.717) is 5.69 Å². The van der Waals surface area contributed by atoms with Crippen molar-refractivity contribution in [1.82, 2.24) is 15.1 Å². The third-order valence-electron chi connectivity index (χ3n) is 2.97. The molecule has 1 atom stereocenters. The lowest BCUT2D eigenvalue weighted by atomic mass is 10.2. The maximum absolute atomic E-state index is 12.1. The maximum atomic E-state index is 12.1. The zero-order valence-corrected chi connectivity index (χ0v) is 11.3. The molecule has 2 amide bonds. The largest absolute Gasteiger partial charge is 0.480 e. The van der Waals surface area contributed by atoms with Crippen molar-refractivity contribution in [2.24, 2.45) is 0 Å². The van der Waals surface area contributed by atoms with Crippen LogP contribution in [0.4, 0.5) is 10.5 Å². The Balaban J connectivity index is 2.11. The summed E-state index contributed by atoms with van der Waals surface area (Å²) in [5.74, 6) is -1.44. The highest BCUT2D eigenvalue weighted by Gasteiger charge is 2.35. The van der Waals surface area contributed by atoms with Gasteiger partial charge < -0.3 is 15.3 Å². The molecule has 0 aromatic carbocycles. The molecule has 1 aliphatic rings. The Morgan fingerprint density at radius 1 is 1.55 bits per heavy atom. The van der Waals surface area contributed by atoms with E-state index in [9.17, 15) is 18.0 Å². The van der Waals surface area contributed by atoms with Crippen LogP contribution in [0.5, 0.6) is 0 Å². The Morgan fingerprint density at radius 2 is 2.30 bits per heavy atom. The second-order valence-corrected chi connectivity index (χ2v) is 6.72. The Bertz CT molecular complexity index is 597. The summed E-state index contributed by atoms with van der Waals surface area (Å²) in [4.78, 5) is 23.9. The number of anilines is 1. The van der Waals surface area contributed by atoms with E-state index in [-0.39, 0.29) is 17.9 Å². The van der Waals surface area contributed by atoms with Crippen molar-refractivity contribution < 1.29 is 23.1 Å². The van der Waals surface area contributed by atoms with Crippen molar-refractivity contribution >= 4 is 27.5 Å². The highest BCUT2D eigenvalue weighted by Crippen LogP contribution is 2.18. The van der Waals surface area contributed by atoms with Gasteiger partial charge in [0.1, 0.15) is 6.54 Å². The van der Waals surface area contributed by atoms with Crippen LogP contribution >= 0.6 is 0 Å². The molecule has 110 valence electrons. The van der Waals surface area contributed by atoms with Crippen LogP contribution in [0.15, 0.2) is 12.4 Å². The van der Waals surface area contributed by atoms with E-state index < -0.39 is 34.4 Å². The van der Waals surface area contributed by atoms with Crippen LogP contribution in [0.1, 0.15) is 6.42 Å². The van der Waals surface area contributed by atoms with Gasteiger partial charge in [-0.25, -0.2) is 13.2 Å². The molecule has 1 fully saturated rings. The number of urea groups is 1. The molecule has 0 spiro atoms. The fourth-order valence-corrected chi connectivity index (χ4v) is 3.78. The first-order valence-corrected chi connectivity index (χ1v) is 7.68. The molecule has 0 bridgehead atoms. The van der Waals surface area contributed by atoms with Crippen molar-refractivity contribution in [3.8, 4) is 0 Å². The quantitative estimate of drug-likeness (QED) is 0.687. The van der Waals surface area contributed by atoms with Gasteiger partial charge in [0.25, 0.3) is 0 Å². The second kappa shape index (κ2) is 5.49. The molecule has 10 heteroatoms. The summed E-state index contributed by atoms with van der Waals surface area (Å²) in [5, 5.41) is 17.5. The number of carboxylic acid groups (broad SMARTS) is 1. The number of nitrogens with zero attached hydrogens (tertiary/aromatic N) is 2. The normalized spacial score (nSPS) is 20.5. The highest BCUT2D eigenvalue weighted by molar-refractivity contribution is 7.91. The second-order valence-electron chi connectivity index (χ2n) is 4.50. The predicted octanol–water partition coefficient (Wildman–Crippen LogP) is -0.485. The van der Waals surface area contributed by atoms with Gasteiger partial charge >= 0.3 is 12.0 Å². The van der Waals surface area contributed by atoms with Crippen molar-refractivity contribution in [1.29, 1.82) is 0 Å². The summed E-state index contributed by atoms with van der Waals surface area (Å²) in [6.45, 7) is -0.552. The number of nitrogens with one attached hydrogen (secondary N) is 2. The van der Waals surface area contributed by atoms with Crippen molar-refractivity contribution in [2.75, 3.05) is 23.4 Å². The molecule has 2 heterocycles. The van der Waals surface area contributed by atoms with Crippen LogP contribution in [-0.2, 0) is 14.6 Å². The predicted molar refractivity (Wildman–Crippen MR) is 69.0 cm³/mol. The van der Waals surface area contributed by atoms with Crippen LogP contribution in [-0.4, -0.2) is 64.7 Å². The number of rotatable bonds is 4. The third kappa shape index (κ3) is 3.47. The standard InChI is InChI=1S/C10H14N4O5S/c15-9(16)5-14(8-1-2-20(18,19)6-8)10(17)13-7-3-11-12-4-7/h3-4,8H,1-2,5-6H2,(H,11,12)(H,13,17)(H,15,16). The number of H-pyrrole nitrogens is 1. The number of aliphatic carboxylic acids is 1. The van der Waals surface area contributed by atoms with Crippen molar-refractivity contribution in [3.05, 3.63) is 12.4 Å². The molecule has 20 heavy (non-hydrogen) atoms. The Morgan fingerprint density at radius 3 is 2.80 bits per heavy atom. The highest BCUT2D eigenvalue weighted by atomic mass is 32.2. The first-order chi connectivity index (χ1) is 9.37. The van der Waals surface area contributed by atoms with E-state index in [1.54, 1.807) is 0 Å². The lowest BCUT2D eigenvalue weighted by Gasteiger charge is -2.26. The fourth-order valence-electron chi connectivity index (χ4n) is 2.05. The summed E-state index contributed by atoms with van der Waals surface area (Å²) in [7, 11) is -3.20. The monoisotopic (exact) mass is 302 g/mol. The smallest absolute Gasteiger partial charge is 0.323 e. The molecule has 0 radical (unpaired) electrons. The lowest BCUT2D eigenvalue weighted by molar-refractivity contribution is -0.138. The van der Waals surface area contributed by atoms with Gasteiger partial charge in [0.15, 0.2) is 9.84 Å². The van der Waals surface area contributed by atoms with Gasteiger partial charge in [-0.3, -0.25) is 9.89 Å². The Hall–Kier alpha value is -2.10. The third-order valence-corrected chi connectivity index (χ3v) is 4.72. The molecular formula is C10H14N4O5S. The Kier molecular flexibility index (Phi) is 3.93. The minimum Gasteiger partial charge on any atom is -0.480 e. The SMILES string of the molecule is O=C(O)CN(C(=O)Nc1cn[nH]c1)C1CCS(=O)(=O)C1. The van der Waals surface area contributed by atoms with Gasteiger partial charge in [0.2, 0.25) is 0 Å². The van der Waals surface area contributed by atoms with Crippen LogP contribution < -0.4 is 5.32 Å². The molecule has 1 aromatic rings. The molecule has 2 rings (SSSR count). The molecule has 1 aliphatic heterocycles. The molecule has 1 saturated heterocycles. The zero-order valence-electron chi connectivity index (χ0n) is 10.4. The van der Waals surface area contributed by atoms with Gasteiger partial charge in [-0.05, 0) is 6.42 Å². The lowest BCUT2D eigenvalue weighted by Crippen LogP contribution is -2.46. The van der Waals surface area contributed by atoms with E-state index in [1.807, 2.05) is 0 Å². The number of carboxylic acids is 1. The zero-order chi connectivity index (χ0) is 14.8. The van der Waals surface area contributed by atoms with E-state index in [4.69, 9.17) is 5.11 Å². The number of carbonyl (C=O) groups excluding carboxylic acids is 1. The van der Waals surface area contributed by atoms with Crippen LogP contribution in [0, 0.1) is 0 Å². The van der Waals surface area contributed by atoms with Crippen molar-refractivity contribution in [3.63, 3.8) is 0 Å². The molecule has 1 unspecified atom stereocenters. The molecule has 1 aromatic heterocycles. The van der Waals surface area contributed by atoms with E-state index in [2.05, 4.69) is 15.5 Å². The van der Waals surface area contributed by atoms with Gasteiger partial charge in [-0.2, -0.15) is 5.10 Å². The topological polar surface area (TPSA) is 132 Å². The molecular weight excluding hydrogens is 288 g/mol. The van der Waals surface area contributed by atoms with Crippen LogP contribution in [0.2, 0.25) is 0 Å². The number of sulfone groups is 1. The van der Waals surface area contributed by atoms with Crippen LogP contribution in [0.25, 0.3) is 0 Å². The summed E-state index contributed by atoms with van der Waals surface area (Å²) in [5.41, 5.74) is 0.381. The Labute approximate surface area is 114 Å². The van der Waals surface area contributed by atoms with E-state index in [1.165, 1.54) is 12.4 Å². The van der Waals surface area contributed by atoms with Gasteiger partial charge in [0.05, 0.1) is 23.4 Å². The summed E-state index contributed by atoms with van der Waals surface area (Å²) < 4.78 is 22.9. The summed E-state index contributed by atoms with van der Waals surface area (Å²) >= 11 is 0. The number of aromatic amines is 1. The van der Waals surface area contributed by atoms with Gasteiger partial charge in [0, 0.05) is 12.2 Å². The summed E-state index contributed by atoms with van der Waals surface area (Å²) in [6, 6.07) is -1.28. The number of hydrogen-bond acceptors (Lipinski definition) is 5. The number of hydrogen-bond donors (Lipinski definition) is 3. The number of aromatic nitrogens is 2. The van der Waals surface area contributed by atoms with E-state index in [0.717, 1.165) is 4.90 Å². The number of carbonyl (C=O) groups is 2. The fraction of sp³-hybridized carbons (Fsp3) is 0.500. The minimum atomic E-state index is -3.20. The maximum Gasteiger partial charge on any atom is 0.323 e. The molecule has 3 N–H and O–H groups in total. The van der Waals surface area contributed by atoms with Gasteiger partial charge in [-0.1, -0.05) is 0 Å². The van der Waals surface area contributed by atoms with Gasteiger partial charge in [-0.15, -0.1) is 0 Å². The minimum absolute atomic E-state index is 0.0349. The van der Waals surface area contributed by atoms with Crippen molar-refractivity contribution in [2.45, 2.75) is 12.5 Å². The average molecular weight is 302 g/mol. The molecule has 0 aliphatic carbocycles. The first kappa shape index (κ1) is 14.3. The van der Waals surface area contributed by atoms with E-state index >= 15 is 0 Å². The summed E-state index contributed by atoms with van der Waals surface area (Å²) in [6.07, 6.45) is 3.04. The molecule has 0 saturated carbocycles. The number of amides is 2.